The van der Waals surface area contributed by atoms with Crippen LogP contribution in [0.5, 0.6) is 0 Å². The zero-order chi connectivity index (χ0) is 18.9. The number of halogens is 1. The van der Waals surface area contributed by atoms with E-state index in [1.807, 2.05) is 0 Å². The van der Waals surface area contributed by atoms with E-state index in [9.17, 15) is 14.0 Å². The van der Waals surface area contributed by atoms with Crippen molar-refractivity contribution in [2.75, 3.05) is 6.54 Å². The van der Waals surface area contributed by atoms with E-state index in [0.29, 0.717) is 42.2 Å². The molecule has 8 heteroatoms. The fraction of sp³-hybridized carbons (Fsp3) is 0.444. The molecule has 2 rings (SSSR count). The van der Waals surface area contributed by atoms with E-state index >= 15 is 0 Å². The zero-order valence-corrected chi connectivity index (χ0v) is 14.6. The number of hydrogen-bond donors (Lipinski definition) is 2. The van der Waals surface area contributed by atoms with Crippen molar-refractivity contribution in [3.63, 3.8) is 0 Å². The molecular formula is C18H22FN3O4. The molecule has 2 aromatic rings. The van der Waals surface area contributed by atoms with Crippen molar-refractivity contribution < 1.29 is 23.6 Å². The van der Waals surface area contributed by atoms with E-state index < -0.39 is 5.97 Å². The Morgan fingerprint density at radius 1 is 1.23 bits per heavy atom. The van der Waals surface area contributed by atoms with E-state index in [0.717, 1.165) is 12.8 Å². The molecule has 0 radical (unpaired) electrons. The molecule has 0 saturated carbocycles. The van der Waals surface area contributed by atoms with Crippen LogP contribution in [0.4, 0.5) is 4.39 Å². The summed E-state index contributed by atoms with van der Waals surface area (Å²) in [5.74, 6) is -0.512. The van der Waals surface area contributed by atoms with Gasteiger partial charge < -0.3 is 14.9 Å². The molecule has 0 bridgehead atoms. The van der Waals surface area contributed by atoms with Gasteiger partial charge >= 0.3 is 5.97 Å². The molecule has 0 aliphatic rings. The van der Waals surface area contributed by atoms with E-state index in [4.69, 9.17) is 9.63 Å². The Morgan fingerprint density at radius 3 is 2.77 bits per heavy atom. The first kappa shape index (κ1) is 19.6. The van der Waals surface area contributed by atoms with Crippen LogP contribution in [0, 0.1) is 12.7 Å². The number of carboxylic acids is 1. The lowest BCUT2D eigenvalue weighted by molar-refractivity contribution is -0.137. The predicted molar refractivity (Wildman–Crippen MR) is 91.9 cm³/mol. The van der Waals surface area contributed by atoms with E-state index in [1.54, 1.807) is 19.1 Å². The largest absolute Gasteiger partial charge is 0.481 e. The summed E-state index contributed by atoms with van der Waals surface area (Å²) in [6, 6.07) is 4.57. The van der Waals surface area contributed by atoms with Crippen molar-refractivity contribution in [3.8, 4) is 11.4 Å². The summed E-state index contributed by atoms with van der Waals surface area (Å²) >= 11 is 0. The molecule has 2 N–H and O–H groups in total. The Morgan fingerprint density at radius 2 is 2.04 bits per heavy atom. The number of nitrogens with one attached hydrogen (secondary N) is 1. The molecule has 7 nitrogen and oxygen atoms in total. The van der Waals surface area contributed by atoms with Gasteiger partial charge in [0.2, 0.25) is 17.6 Å². The molecule has 1 aromatic heterocycles. The van der Waals surface area contributed by atoms with Crippen molar-refractivity contribution in [2.24, 2.45) is 0 Å². The molecule has 0 saturated heterocycles. The summed E-state index contributed by atoms with van der Waals surface area (Å²) in [4.78, 5) is 26.4. The van der Waals surface area contributed by atoms with Gasteiger partial charge in [-0.15, -0.1) is 0 Å². The van der Waals surface area contributed by atoms with Crippen molar-refractivity contribution in [3.05, 3.63) is 35.5 Å². The Bertz CT molecular complexity index is 761. The minimum atomic E-state index is -0.802. The number of aliphatic carboxylic acids is 1. The molecule has 140 valence electrons. The Kier molecular flexibility index (Phi) is 7.25. The Hall–Kier alpha value is -2.77. The highest BCUT2D eigenvalue weighted by Crippen LogP contribution is 2.19. The number of aryl methyl sites for hydroxylation is 2. The number of amides is 1. The third kappa shape index (κ3) is 6.27. The average molecular weight is 363 g/mol. The van der Waals surface area contributed by atoms with Crippen LogP contribution in [0.25, 0.3) is 11.4 Å². The number of carbonyl (C=O) groups excluding carboxylic acids is 1. The first-order chi connectivity index (χ1) is 12.5. The van der Waals surface area contributed by atoms with Crippen molar-refractivity contribution >= 4 is 11.9 Å². The highest BCUT2D eigenvalue weighted by atomic mass is 19.1. The number of hydrogen-bond acceptors (Lipinski definition) is 5. The molecule has 0 unspecified atom stereocenters. The van der Waals surface area contributed by atoms with E-state index in [1.165, 1.54) is 6.07 Å². The number of carbonyl (C=O) groups is 2. The third-order valence-corrected chi connectivity index (χ3v) is 3.84. The lowest BCUT2D eigenvalue weighted by Crippen LogP contribution is -2.24. The minimum absolute atomic E-state index is 0.124. The third-order valence-electron chi connectivity index (χ3n) is 3.84. The van der Waals surface area contributed by atoms with Gasteiger partial charge in [-0.25, -0.2) is 4.39 Å². The van der Waals surface area contributed by atoms with Crippen LogP contribution in [0.2, 0.25) is 0 Å². The SMILES string of the molecule is Cc1cc(-c2noc(CCC(=O)NCCCCCC(=O)O)n2)ccc1F. The summed E-state index contributed by atoms with van der Waals surface area (Å²) in [6.07, 6.45) is 2.81. The topological polar surface area (TPSA) is 105 Å². The number of unbranched alkanes of at least 4 members (excludes halogenated alkanes) is 2. The van der Waals surface area contributed by atoms with Crippen molar-refractivity contribution in [1.82, 2.24) is 15.5 Å². The van der Waals surface area contributed by atoms with Crippen molar-refractivity contribution in [1.29, 1.82) is 0 Å². The molecule has 0 fully saturated rings. The maximum Gasteiger partial charge on any atom is 0.303 e. The maximum atomic E-state index is 13.3. The Labute approximate surface area is 150 Å². The lowest BCUT2D eigenvalue weighted by atomic mass is 10.1. The average Bonchev–Trinajstić information content (AvgIpc) is 3.07. The van der Waals surface area contributed by atoms with Crippen LogP contribution in [0.1, 0.15) is 43.6 Å². The lowest BCUT2D eigenvalue weighted by Gasteiger charge is -2.03. The van der Waals surface area contributed by atoms with Gasteiger partial charge in [0.15, 0.2) is 0 Å². The molecule has 0 atom stereocenters. The van der Waals surface area contributed by atoms with E-state index in [-0.39, 0.29) is 24.6 Å². The molecular weight excluding hydrogens is 341 g/mol. The predicted octanol–water partition coefficient (Wildman–Crippen LogP) is 2.88. The number of benzene rings is 1. The molecule has 0 aliphatic heterocycles. The zero-order valence-electron chi connectivity index (χ0n) is 14.6. The second-order valence-electron chi connectivity index (χ2n) is 6.03. The second-order valence-corrected chi connectivity index (χ2v) is 6.03. The van der Waals surface area contributed by atoms with Crippen LogP contribution in [-0.4, -0.2) is 33.7 Å². The number of carboxylic acid groups (broad SMARTS) is 1. The molecule has 26 heavy (non-hydrogen) atoms. The fourth-order valence-corrected chi connectivity index (χ4v) is 2.37. The molecule has 1 amide bonds. The minimum Gasteiger partial charge on any atom is -0.481 e. The number of rotatable bonds is 10. The van der Waals surface area contributed by atoms with Crippen LogP contribution < -0.4 is 5.32 Å². The highest BCUT2D eigenvalue weighted by molar-refractivity contribution is 5.76. The van der Waals surface area contributed by atoms with Gasteiger partial charge in [-0.05, 0) is 43.5 Å². The first-order valence-electron chi connectivity index (χ1n) is 8.53. The van der Waals surface area contributed by atoms with Crippen LogP contribution in [-0.2, 0) is 16.0 Å². The number of nitrogens with zero attached hydrogens (tertiary/aromatic N) is 2. The molecule has 0 aliphatic carbocycles. The van der Waals surface area contributed by atoms with Gasteiger partial charge in [-0.2, -0.15) is 4.98 Å². The smallest absolute Gasteiger partial charge is 0.303 e. The summed E-state index contributed by atoms with van der Waals surface area (Å²) < 4.78 is 18.4. The van der Waals surface area contributed by atoms with Gasteiger partial charge in [0.25, 0.3) is 0 Å². The summed E-state index contributed by atoms with van der Waals surface area (Å²) in [6.45, 7) is 2.17. The second kappa shape index (κ2) is 9.65. The maximum absolute atomic E-state index is 13.3. The molecule has 1 heterocycles. The van der Waals surface area contributed by atoms with Gasteiger partial charge in [0.05, 0.1) is 0 Å². The summed E-state index contributed by atoms with van der Waals surface area (Å²) in [7, 11) is 0. The van der Waals surface area contributed by atoms with E-state index in [2.05, 4.69) is 15.5 Å². The summed E-state index contributed by atoms with van der Waals surface area (Å²) in [5, 5.41) is 15.2. The first-order valence-corrected chi connectivity index (χ1v) is 8.53. The standard InChI is InChI=1S/C18H22FN3O4/c1-12-11-13(6-7-14(12)19)18-21-16(26-22-18)9-8-15(23)20-10-4-2-3-5-17(24)25/h6-7,11H,2-5,8-10H2,1H3,(H,20,23)(H,24,25). The fourth-order valence-electron chi connectivity index (χ4n) is 2.37. The highest BCUT2D eigenvalue weighted by Gasteiger charge is 2.11. The molecule has 1 aromatic carbocycles. The van der Waals surface area contributed by atoms with Crippen molar-refractivity contribution in [2.45, 2.75) is 45.4 Å². The Balaban J connectivity index is 1.71. The van der Waals surface area contributed by atoms with Gasteiger partial charge in [-0.3, -0.25) is 9.59 Å². The quantitative estimate of drug-likeness (QED) is 0.629. The monoisotopic (exact) mass is 363 g/mol. The van der Waals surface area contributed by atoms with Crippen LogP contribution in [0.3, 0.4) is 0 Å². The normalized spacial score (nSPS) is 10.7. The summed E-state index contributed by atoms with van der Waals surface area (Å²) in [5.41, 5.74) is 1.15. The van der Waals surface area contributed by atoms with Gasteiger partial charge in [0, 0.05) is 31.4 Å². The van der Waals surface area contributed by atoms with Gasteiger partial charge in [-0.1, -0.05) is 11.6 Å². The van der Waals surface area contributed by atoms with Gasteiger partial charge in [0.1, 0.15) is 5.82 Å². The molecule has 0 spiro atoms. The van der Waals surface area contributed by atoms with Crippen LogP contribution >= 0.6 is 0 Å². The van der Waals surface area contributed by atoms with Crippen LogP contribution in [0.15, 0.2) is 22.7 Å². The number of aromatic nitrogens is 2.